The molecule has 2 aromatic rings. The fourth-order valence-electron chi connectivity index (χ4n) is 2.02. The van der Waals surface area contributed by atoms with Crippen molar-refractivity contribution in [2.75, 3.05) is 11.9 Å². The molecular formula is C17H15ClN2O4S. The van der Waals surface area contributed by atoms with Crippen molar-refractivity contribution < 1.29 is 19.4 Å². The molecule has 0 aliphatic heterocycles. The van der Waals surface area contributed by atoms with Crippen LogP contribution < -0.4 is 15.4 Å². The van der Waals surface area contributed by atoms with Gasteiger partial charge in [0.2, 0.25) is 0 Å². The maximum absolute atomic E-state index is 12.2. The number of halogens is 1. The van der Waals surface area contributed by atoms with Gasteiger partial charge in [0.25, 0.3) is 5.91 Å². The number of aromatic carboxylic acids is 1. The van der Waals surface area contributed by atoms with E-state index in [1.54, 1.807) is 30.3 Å². The number of amides is 1. The van der Waals surface area contributed by atoms with Gasteiger partial charge in [-0.15, -0.1) is 0 Å². The Morgan fingerprint density at radius 1 is 1.24 bits per heavy atom. The van der Waals surface area contributed by atoms with Crippen LogP contribution >= 0.6 is 23.8 Å². The SMILES string of the molecule is CCOc1ccc(C(=O)NC(=S)Nc2ccccc2C(=O)O)cc1Cl. The van der Waals surface area contributed by atoms with Crippen molar-refractivity contribution in [1.82, 2.24) is 5.32 Å². The number of carbonyl (C=O) groups excluding carboxylic acids is 1. The molecule has 0 bridgehead atoms. The molecule has 0 saturated carbocycles. The molecule has 0 aliphatic carbocycles. The molecule has 0 spiro atoms. The van der Waals surface area contributed by atoms with E-state index < -0.39 is 11.9 Å². The Morgan fingerprint density at radius 2 is 1.96 bits per heavy atom. The van der Waals surface area contributed by atoms with Gasteiger partial charge in [-0.25, -0.2) is 4.79 Å². The summed E-state index contributed by atoms with van der Waals surface area (Å²) in [6.07, 6.45) is 0. The van der Waals surface area contributed by atoms with Crippen LogP contribution in [0.1, 0.15) is 27.6 Å². The van der Waals surface area contributed by atoms with Crippen LogP contribution in [0.2, 0.25) is 5.02 Å². The number of thiocarbonyl (C=S) groups is 1. The minimum Gasteiger partial charge on any atom is -0.492 e. The third kappa shape index (κ3) is 4.91. The number of nitrogens with one attached hydrogen (secondary N) is 2. The molecule has 0 atom stereocenters. The quantitative estimate of drug-likeness (QED) is 0.689. The first-order chi connectivity index (χ1) is 11.9. The van der Waals surface area contributed by atoms with Crippen molar-refractivity contribution in [3.63, 3.8) is 0 Å². The lowest BCUT2D eigenvalue weighted by Crippen LogP contribution is -2.34. The van der Waals surface area contributed by atoms with Crippen LogP contribution in [-0.2, 0) is 0 Å². The minimum atomic E-state index is -1.10. The third-order valence-corrected chi connectivity index (χ3v) is 3.63. The molecule has 130 valence electrons. The third-order valence-electron chi connectivity index (χ3n) is 3.13. The summed E-state index contributed by atoms with van der Waals surface area (Å²) in [5.41, 5.74) is 0.623. The molecule has 0 aromatic heterocycles. The van der Waals surface area contributed by atoms with Crippen molar-refractivity contribution in [2.24, 2.45) is 0 Å². The summed E-state index contributed by atoms with van der Waals surface area (Å²) in [5, 5.41) is 14.6. The highest BCUT2D eigenvalue weighted by Gasteiger charge is 2.13. The molecule has 6 nitrogen and oxygen atoms in total. The summed E-state index contributed by atoms with van der Waals surface area (Å²) in [7, 11) is 0. The molecule has 25 heavy (non-hydrogen) atoms. The first-order valence-electron chi connectivity index (χ1n) is 7.29. The van der Waals surface area contributed by atoms with Gasteiger partial charge < -0.3 is 15.2 Å². The van der Waals surface area contributed by atoms with E-state index >= 15 is 0 Å². The summed E-state index contributed by atoms with van der Waals surface area (Å²) in [6, 6.07) is 10.9. The average molecular weight is 379 g/mol. The molecule has 0 aliphatic rings. The average Bonchev–Trinajstić information content (AvgIpc) is 2.57. The van der Waals surface area contributed by atoms with Gasteiger partial charge in [-0.1, -0.05) is 23.7 Å². The van der Waals surface area contributed by atoms with E-state index in [-0.39, 0.29) is 16.4 Å². The fraction of sp³-hybridized carbons (Fsp3) is 0.118. The number of benzene rings is 2. The summed E-state index contributed by atoms with van der Waals surface area (Å²) < 4.78 is 5.31. The Morgan fingerprint density at radius 3 is 2.60 bits per heavy atom. The second kappa shape index (κ2) is 8.46. The molecule has 2 aromatic carbocycles. The number of rotatable bonds is 5. The van der Waals surface area contributed by atoms with Crippen molar-refractivity contribution in [2.45, 2.75) is 6.92 Å². The largest absolute Gasteiger partial charge is 0.492 e. The Kier molecular flexibility index (Phi) is 6.32. The lowest BCUT2D eigenvalue weighted by molar-refractivity contribution is 0.0698. The summed E-state index contributed by atoms with van der Waals surface area (Å²) in [4.78, 5) is 23.4. The van der Waals surface area contributed by atoms with Crippen LogP contribution in [0.3, 0.4) is 0 Å². The maximum atomic E-state index is 12.2. The number of anilines is 1. The summed E-state index contributed by atoms with van der Waals surface area (Å²) in [5.74, 6) is -1.09. The molecule has 0 fully saturated rings. The summed E-state index contributed by atoms with van der Waals surface area (Å²) in [6.45, 7) is 2.29. The van der Waals surface area contributed by atoms with Crippen LogP contribution in [0.5, 0.6) is 5.75 Å². The number of hydrogen-bond donors (Lipinski definition) is 3. The molecule has 0 unspecified atom stereocenters. The van der Waals surface area contributed by atoms with Crippen LogP contribution in [0.4, 0.5) is 5.69 Å². The van der Waals surface area contributed by atoms with Gasteiger partial charge in [0.05, 0.1) is 22.9 Å². The van der Waals surface area contributed by atoms with Gasteiger partial charge >= 0.3 is 5.97 Å². The smallest absolute Gasteiger partial charge is 0.337 e. The minimum absolute atomic E-state index is 0.0243. The maximum Gasteiger partial charge on any atom is 0.337 e. The van der Waals surface area contributed by atoms with Crippen LogP contribution in [0.15, 0.2) is 42.5 Å². The zero-order chi connectivity index (χ0) is 18.4. The standard InChI is InChI=1S/C17H15ClN2O4S/c1-2-24-14-8-7-10(9-12(14)18)15(21)20-17(25)19-13-6-4-3-5-11(13)16(22)23/h3-9H,2H2,1H3,(H,22,23)(H2,19,20,21,25). The van der Waals surface area contributed by atoms with Gasteiger partial charge in [0, 0.05) is 5.56 Å². The van der Waals surface area contributed by atoms with Gasteiger partial charge in [-0.3, -0.25) is 10.1 Å². The number of ether oxygens (including phenoxy) is 1. The molecular weight excluding hydrogens is 364 g/mol. The second-order valence-electron chi connectivity index (χ2n) is 4.84. The molecule has 8 heteroatoms. The Labute approximate surface area is 154 Å². The molecule has 2 rings (SSSR count). The fourth-order valence-corrected chi connectivity index (χ4v) is 2.46. The highest BCUT2D eigenvalue weighted by Crippen LogP contribution is 2.25. The van der Waals surface area contributed by atoms with E-state index in [2.05, 4.69) is 10.6 Å². The Bertz CT molecular complexity index is 826. The van der Waals surface area contributed by atoms with E-state index in [0.717, 1.165) is 0 Å². The van der Waals surface area contributed by atoms with Gasteiger partial charge in [0.15, 0.2) is 5.11 Å². The van der Waals surface area contributed by atoms with Gasteiger partial charge in [-0.2, -0.15) is 0 Å². The monoisotopic (exact) mass is 378 g/mol. The Hall–Kier alpha value is -2.64. The van der Waals surface area contributed by atoms with E-state index in [0.29, 0.717) is 22.9 Å². The van der Waals surface area contributed by atoms with Crippen molar-refractivity contribution in [3.8, 4) is 5.75 Å². The normalized spacial score (nSPS) is 10.0. The van der Waals surface area contributed by atoms with Gasteiger partial charge in [-0.05, 0) is 49.5 Å². The van der Waals surface area contributed by atoms with Crippen molar-refractivity contribution in [1.29, 1.82) is 0 Å². The molecule has 0 radical (unpaired) electrons. The van der Waals surface area contributed by atoms with E-state index in [1.807, 2.05) is 6.92 Å². The number of carboxylic acid groups (broad SMARTS) is 1. The van der Waals surface area contributed by atoms with E-state index in [1.165, 1.54) is 12.1 Å². The Balaban J connectivity index is 2.07. The van der Waals surface area contributed by atoms with Crippen LogP contribution in [0, 0.1) is 0 Å². The lowest BCUT2D eigenvalue weighted by atomic mass is 10.2. The van der Waals surface area contributed by atoms with Crippen molar-refractivity contribution in [3.05, 3.63) is 58.6 Å². The zero-order valence-corrected chi connectivity index (χ0v) is 14.8. The highest BCUT2D eigenvalue weighted by atomic mass is 35.5. The lowest BCUT2D eigenvalue weighted by Gasteiger charge is -2.12. The molecule has 3 N–H and O–H groups in total. The molecule has 0 heterocycles. The second-order valence-corrected chi connectivity index (χ2v) is 5.65. The predicted octanol–water partition coefficient (Wildman–Crippen LogP) is 3.56. The molecule has 1 amide bonds. The van der Waals surface area contributed by atoms with Gasteiger partial charge in [0.1, 0.15) is 5.75 Å². The number of para-hydroxylation sites is 1. The van der Waals surface area contributed by atoms with E-state index in [9.17, 15) is 9.59 Å². The number of carboxylic acids is 1. The highest BCUT2D eigenvalue weighted by molar-refractivity contribution is 7.80. The molecule has 0 saturated heterocycles. The van der Waals surface area contributed by atoms with Crippen LogP contribution in [0.25, 0.3) is 0 Å². The van der Waals surface area contributed by atoms with Crippen LogP contribution in [-0.4, -0.2) is 28.7 Å². The number of hydrogen-bond acceptors (Lipinski definition) is 4. The summed E-state index contributed by atoms with van der Waals surface area (Å²) >= 11 is 11.1. The zero-order valence-electron chi connectivity index (χ0n) is 13.2. The predicted molar refractivity (Wildman–Crippen MR) is 99.7 cm³/mol. The topological polar surface area (TPSA) is 87.7 Å². The first-order valence-corrected chi connectivity index (χ1v) is 8.08. The van der Waals surface area contributed by atoms with E-state index in [4.69, 9.17) is 33.7 Å². The number of carbonyl (C=O) groups is 2. The van der Waals surface area contributed by atoms with Crippen molar-refractivity contribution >= 4 is 46.5 Å². The first kappa shape index (κ1) is 18.7.